The van der Waals surface area contributed by atoms with Crippen LogP contribution in [0.5, 0.6) is 0 Å². The van der Waals surface area contributed by atoms with E-state index in [1.54, 1.807) is 6.20 Å². The van der Waals surface area contributed by atoms with E-state index in [1.807, 2.05) is 12.3 Å². The summed E-state index contributed by atoms with van der Waals surface area (Å²) in [5.41, 5.74) is 0.205. The van der Waals surface area contributed by atoms with Crippen molar-refractivity contribution in [2.24, 2.45) is 5.41 Å². The van der Waals surface area contributed by atoms with Crippen molar-refractivity contribution in [3.63, 3.8) is 0 Å². The molecule has 6 heteroatoms. The number of amides is 2. The fraction of sp³-hybridized carbons (Fsp3) is 0.692. The van der Waals surface area contributed by atoms with Crippen LogP contribution in [0.15, 0.2) is 11.6 Å². The molecule has 1 heterocycles. The number of nitrogens with one attached hydrogen (secondary N) is 2. The molecule has 1 spiro atoms. The Morgan fingerprint density at radius 3 is 3.05 bits per heavy atom. The molecular weight excluding hydrogens is 262 g/mol. The summed E-state index contributed by atoms with van der Waals surface area (Å²) in [6.45, 7) is 2.78. The third-order valence-corrected chi connectivity index (χ3v) is 5.08. The first-order valence-electron chi connectivity index (χ1n) is 6.83. The van der Waals surface area contributed by atoms with Crippen LogP contribution < -0.4 is 10.6 Å². The van der Waals surface area contributed by atoms with E-state index in [0.717, 1.165) is 13.0 Å². The molecule has 0 aliphatic heterocycles. The maximum atomic E-state index is 11.9. The molecule has 2 aliphatic rings. The van der Waals surface area contributed by atoms with Gasteiger partial charge in [0.1, 0.15) is 0 Å². The lowest BCUT2D eigenvalue weighted by atomic mass is 9.51. The highest BCUT2D eigenvalue weighted by molar-refractivity contribution is 7.13. The monoisotopic (exact) mass is 281 g/mol. The molecule has 0 aromatic carbocycles. The van der Waals surface area contributed by atoms with Gasteiger partial charge in [0.25, 0.3) is 0 Å². The molecule has 2 amide bonds. The summed E-state index contributed by atoms with van der Waals surface area (Å²) in [7, 11) is 0. The molecule has 3 rings (SSSR count). The number of carbonyl (C=O) groups is 1. The third-order valence-electron chi connectivity index (χ3n) is 4.40. The van der Waals surface area contributed by atoms with E-state index in [-0.39, 0.29) is 17.5 Å². The Kier molecular flexibility index (Phi) is 3.45. The summed E-state index contributed by atoms with van der Waals surface area (Å²) in [6.07, 6.45) is 6.52. The third kappa shape index (κ3) is 2.23. The number of carbonyl (C=O) groups excluding carboxylic acids is 1. The van der Waals surface area contributed by atoms with Gasteiger partial charge in [0, 0.05) is 29.6 Å². The molecule has 2 N–H and O–H groups in total. The summed E-state index contributed by atoms with van der Waals surface area (Å²) >= 11 is 1.42. The highest BCUT2D eigenvalue weighted by atomic mass is 32.1. The fourth-order valence-corrected chi connectivity index (χ4v) is 3.74. The molecule has 1 aromatic rings. The quantitative estimate of drug-likeness (QED) is 0.891. The first-order chi connectivity index (χ1) is 9.24. The molecule has 2 saturated carbocycles. The van der Waals surface area contributed by atoms with E-state index in [0.29, 0.717) is 11.2 Å². The van der Waals surface area contributed by atoms with Crippen LogP contribution in [-0.4, -0.2) is 29.8 Å². The predicted octanol–water partition coefficient (Wildman–Crippen LogP) is 2.61. The molecule has 104 valence electrons. The minimum atomic E-state index is -0.152. The fourth-order valence-electron chi connectivity index (χ4n) is 3.22. The van der Waals surface area contributed by atoms with Gasteiger partial charge in [-0.2, -0.15) is 0 Å². The van der Waals surface area contributed by atoms with Crippen molar-refractivity contribution < 1.29 is 9.53 Å². The second-order valence-electron chi connectivity index (χ2n) is 5.25. The van der Waals surface area contributed by atoms with Crippen molar-refractivity contribution >= 4 is 22.5 Å². The zero-order valence-electron chi connectivity index (χ0n) is 11.0. The Labute approximate surface area is 116 Å². The smallest absolute Gasteiger partial charge is 0.321 e. The van der Waals surface area contributed by atoms with Crippen molar-refractivity contribution in [3.05, 3.63) is 11.6 Å². The number of rotatable bonds is 4. The number of anilines is 1. The summed E-state index contributed by atoms with van der Waals surface area (Å²) in [4.78, 5) is 16.0. The number of nitrogens with zero attached hydrogens (tertiary/aromatic N) is 1. The second kappa shape index (κ2) is 5.09. The summed E-state index contributed by atoms with van der Waals surface area (Å²) in [6, 6.07) is 0.0962. The van der Waals surface area contributed by atoms with Gasteiger partial charge in [0.15, 0.2) is 5.13 Å². The summed E-state index contributed by atoms with van der Waals surface area (Å²) in [5.74, 6) is 0. The van der Waals surface area contributed by atoms with Gasteiger partial charge in [-0.3, -0.25) is 5.32 Å². The Bertz CT molecular complexity index is 445. The van der Waals surface area contributed by atoms with Crippen molar-refractivity contribution in [1.29, 1.82) is 0 Å². The van der Waals surface area contributed by atoms with Gasteiger partial charge in [-0.25, -0.2) is 9.78 Å². The number of hydrogen-bond acceptors (Lipinski definition) is 4. The van der Waals surface area contributed by atoms with Crippen LogP contribution in [0, 0.1) is 5.41 Å². The van der Waals surface area contributed by atoms with E-state index in [9.17, 15) is 4.79 Å². The van der Waals surface area contributed by atoms with Crippen molar-refractivity contribution in [1.82, 2.24) is 10.3 Å². The first kappa shape index (κ1) is 12.9. The Balaban J connectivity index is 1.54. The average Bonchev–Trinajstić information content (AvgIpc) is 2.78. The average molecular weight is 281 g/mol. The van der Waals surface area contributed by atoms with Crippen LogP contribution in [0.1, 0.15) is 32.6 Å². The van der Waals surface area contributed by atoms with Crippen LogP contribution in [0.4, 0.5) is 9.93 Å². The largest absolute Gasteiger partial charge is 0.378 e. The topological polar surface area (TPSA) is 63.2 Å². The number of urea groups is 1. The van der Waals surface area contributed by atoms with Crippen LogP contribution in [0.2, 0.25) is 0 Å². The molecule has 2 fully saturated rings. The first-order valence-corrected chi connectivity index (χ1v) is 7.71. The number of thiazole rings is 1. The van der Waals surface area contributed by atoms with E-state index in [4.69, 9.17) is 4.74 Å². The zero-order valence-corrected chi connectivity index (χ0v) is 11.8. The SMILES string of the molecule is CCO[C@H]1C[C@H](NC(=O)Nc2nccs2)C12CCC2. The zero-order chi connectivity index (χ0) is 13.3. The Hall–Kier alpha value is -1.14. The van der Waals surface area contributed by atoms with Crippen molar-refractivity contribution in [2.75, 3.05) is 11.9 Å². The number of ether oxygens (including phenoxy) is 1. The Morgan fingerprint density at radius 1 is 1.63 bits per heavy atom. The van der Waals surface area contributed by atoms with E-state index in [2.05, 4.69) is 15.6 Å². The van der Waals surface area contributed by atoms with Crippen molar-refractivity contribution in [2.45, 2.75) is 44.8 Å². The van der Waals surface area contributed by atoms with Gasteiger partial charge in [-0.05, 0) is 26.2 Å². The second-order valence-corrected chi connectivity index (χ2v) is 6.15. The lowest BCUT2D eigenvalue weighted by Crippen LogP contribution is -2.68. The molecule has 5 nitrogen and oxygen atoms in total. The summed E-state index contributed by atoms with van der Waals surface area (Å²) in [5, 5.41) is 8.33. The van der Waals surface area contributed by atoms with Gasteiger partial charge < -0.3 is 10.1 Å². The highest BCUT2D eigenvalue weighted by Gasteiger charge is 2.59. The summed E-state index contributed by atoms with van der Waals surface area (Å²) < 4.78 is 5.77. The normalized spacial score (nSPS) is 27.4. The predicted molar refractivity (Wildman–Crippen MR) is 74.4 cm³/mol. The van der Waals surface area contributed by atoms with Crippen LogP contribution in [0.3, 0.4) is 0 Å². The van der Waals surface area contributed by atoms with Gasteiger partial charge in [0.2, 0.25) is 0 Å². The minimum absolute atomic E-state index is 0.152. The maximum Gasteiger partial charge on any atom is 0.321 e. The van der Waals surface area contributed by atoms with Gasteiger partial charge >= 0.3 is 6.03 Å². The highest BCUT2D eigenvalue weighted by Crippen LogP contribution is 2.57. The molecule has 0 saturated heterocycles. The van der Waals surface area contributed by atoms with Gasteiger partial charge in [-0.1, -0.05) is 6.42 Å². The van der Waals surface area contributed by atoms with E-state index in [1.165, 1.54) is 30.6 Å². The minimum Gasteiger partial charge on any atom is -0.378 e. The molecule has 1 aromatic heterocycles. The molecule has 0 radical (unpaired) electrons. The number of hydrogen-bond donors (Lipinski definition) is 2. The van der Waals surface area contributed by atoms with Crippen LogP contribution in [0.25, 0.3) is 0 Å². The number of aromatic nitrogens is 1. The molecule has 19 heavy (non-hydrogen) atoms. The molecule has 0 bridgehead atoms. The molecule has 2 aliphatic carbocycles. The molecular formula is C13H19N3O2S. The molecule has 0 unspecified atom stereocenters. The van der Waals surface area contributed by atoms with Gasteiger partial charge in [0.05, 0.1) is 6.10 Å². The van der Waals surface area contributed by atoms with Crippen LogP contribution >= 0.6 is 11.3 Å². The Morgan fingerprint density at radius 2 is 2.47 bits per heavy atom. The van der Waals surface area contributed by atoms with Crippen molar-refractivity contribution in [3.8, 4) is 0 Å². The lowest BCUT2D eigenvalue weighted by molar-refractivity contribution is -0.169. The van der Waals surface area contributed by atoms with Crippen LogP contribution in [-0.2, 0) is 4.74 Å². The standard InChI is InChI=1S/C13H19N3O2S/c1-2-18-10-8-9(13(10)4-3-5-13)15-11(17)16-12-14-6-7-19-12/h6-7,9-10H,2-5,8H2,1H3,(H2,14,15,16,17)/t9-,10-/m0/s1. The molecule has 2 atom stereocenters. The van der Waals surface area contributed by atoms with Gasteiger partial charge in [-0.15, -0.1) is 11.3 Å². The van der Waals surface area contributed by atoms with E-state index >= 15 is 0 Å². The lowest BCUT2D eigenvalue weighted by Gasteiger charge is -2.60. The maximum absolute atomic E-state index is 11.9. The van der Waals surface area contributed by atoms with E-state index < -0.39 is 0 Å².